The summed E-state index contributed by atoms with van der Waals surface area (Å²) in [7, 11) is 3.95. The normalized spacial score (nSPS) is 24.5. The van der Waals surface area contributed by atoms with Crippen molar-refractivity contribution in [3.05, 3.63) is 29.7 Å². The highest BCUT2D eigenvalue weighted by atomic mass is 19.1. The fourth-order valence-corrected chi connectivity index (χ4v) is 3.56. The predicted molar refractivity (Wildman–Crippen MR) is 89.5 cm³/mol. The minimum atomic E-state index is -0.765. The summed E-state index contributed by atoms with van der Waals surface area (Å²) < 4.78 is 21.2. The van der Waals surface area contributed by atoms with Gasteiger partial charge in [0.05, 0.1) is 12.2 Å². The lowest BCUT2D eigenvalue weighted by Crippen LogP contribution is -2.38. The van der Waals surface area contributed by atoms with Crippen LogP contribution in [0.2, 0.25) is 0 Å². The van der Waals surface area contributed by atoms with Gasteiger partial charge in [-0.15, -0.1) is 0 Å². The Morgan fingerprint density at radius 2 is 2.24 bits per heavy atom. The van der Waals surface area contributed by atoms with E-state index in [2.05, 4.69) is 25.0 Å². The third-order valence-electron chi connectivity index (χ3n) is 5.11. The van der Waals surface area contributed by atoms with E-state index in [9.17, 15) is 4.39 Å². The summed E-state index contributed by atoms with van der Waals surface area (Å²) in [5.41, 5.74) is 1.11. The fraction of sp³-hybridized carbons (Fsp3) is 0.706. The van der Waals surface area contributed by atoms with Gasteiger partial charge in [0, 0.05) is 44.8 Å². The average Bonchev–Trinajstić information content (AvgIpc) is 3.03. The van der Waals surface area contributed by atoms with E-state index < -0.39 is 6.17 Å². The summed E-state index contributed by atoms with van der Waals surface area (Å²) in [5.74, 6) is 1.96. The van der Waals surface area contributed by atoms with Gasteiger partial charge in [-0.2, -0.15) is 10.1 Å². The number of likely N-dealkylation sites (N-methyl/N-ethyl adjacent to an activating group) is 1. The highest BCUT2D eigenvalue weighted by Crippen LogP contribution is 2.38. The molecule has 3 heterocycles. The van der Waals surface area contributed by atoms with Crippen molar-refractivity contribution >= 4 is 0 Å². The van der Waals surface area contributed by atoms with Crippen molar-refractivity contribution in [2.45, 2.75) is 50.5 Å². The van der Waals surface area contributed by atoms with Crippen LogP contribution >= 0.6 is 0 Å². The van der Waals surface area contributed by atoms with Crippen LogP contribution in [0.25, 0.3) is 0 Å². The molecule has 0 spiro atoms. The maximum atomic E-state index is 14.0. The number of rotatable bonds is 7. The molecule has 2 atom stereocenters. The molecule has 25 heavy (non-hydrogen) atoms. The van der Waals surface area contributed by atoms with Crippen LogP contribution in [0.4, 0.5) is 4.39 Å². The highest BCUT2D eigenvalue weighted by molar-refractivity contribution is 5.03. The average molecular weight is 348 g/mol. The molecule has 2 fully saturated rings. The molecule has 4 rings (SSSR count). The molecule has 0 radical (unpaired) electrons. The zero-order valence-corrected chi connectivity index (χ0v) is 14.8. The van der Waals surface area contributed by atoms with E-state index in [0.717, 1.165) is 43.3 Å². The zero-order chi connectivity index (χ0) is 17.4. The molecule has 0 N–H and O–H groups in total. The molecule has 1 saturated carbocycles. The Morgan fingerprint density at radius 1 is 1.40 bits per heavy atom. The second kappa shape index (κ2) is 6.84. The molecule has 0 bridgehead atoms. The van der Waals surface area contributed by atoms with Crippen molar-refractivity contribution in [3.63, 3.8) is 0 Å². The number of aryl methyl sites for hydroxylation is 1. The van der Waals surface area contributed by atoms with E-state index in [1.807, 2.05) is 24.8 Å². The lowest BCUT2D eigenvalue weighted by molar-refractivity contribution is 0.175. The van der Waals surface area contributed by atoms with Crippen LogP contribution in [0.15, 0.2) is 16.8 Å². The molecule has 0 unspecified atom stereocenters. The maximum Gasteiger partial charge on any atom is 0.229 e. The molecule has 0 aromatic carbocycles. The molecule has 2 aromatic rings. The first kappa shape index (κ1) is 16.7. The quantitative estimate of drug-likeness (QED) is 0.759. The molecular weight excluding hydrogens is 323 g/mol. The monoisotopic (exact) mass is 348 g/mol. The Hall–Kier alpha value is -1.80. The molecular formula is C17H25FN6O. The minimum Gasteiger partial charge on any atom is -0.339 e. The van der Waals surface area contributed by atoms with Crippen LogP contribution < -0.4 is 0 Å². The molecule has 8 heteroatoms. The number of hydrogen-bond acceptors (Lipinski definition) is 6. The van der Waals surface area contributed by atoms with Gasteiger partial charge in [0.15, 0.2) is 5.82 Å². The van der Waals surface area contributed by atoms with E-state index in [4.69, 9.17) is 4.52 Å². The van der Waals surface area contributed by atoms with Gasteiger partial charge in [-0.25, -0.2) is 4.39 Å². The van der Waals surface area contributed by atoms with Gasteiger partial charge in [0.25, 0.3) is 0 Å². The van der Waals surface area contributed by atoms with E-state index in [1.54, 1.807) is 6.20 Å². The summed E-state index contributed by atoms with van der Waals surface area (Å²) >= 11 is 0. The zero-order valence-electron chi connectivity index (χ0n) is 14.8. The van der Waals surface area contributed by atoms with Gasteiger partial charge in [-0.1, -0.05) is 5.16 Å². The lowest BCUT2D eigenvalue weighted by atomic mass is 10.2. The molecule has 1 saturated heterocycles. The number of halogens is 1. The number of likely N-dealkylation sites (tertiary alicyclic amines) is 1. The van der Waals surface area contributed by atoms with Gasteiger partial charge in [-0.05, 0) is 32.4 Å². The third kappa shape index (κ3) is 3.90. The van der Waals surface area contributed by atoms with Crippen molar-refractivity contribution in [3.8, 4) is 0 Å². The van der Waals surface area contributed by atoms with Crippen molar-refractivity contribution in [1.82, 2.24) is 29.7 Å². The summed E-state index contributed by atoms with van der Waals surface area (Å²) in [6.45, 7) is 2.62. The first-order chi connectivity index (χ1) is 12.1. The second-order valence-corrected chi connectivity index (χ2v) is 7.38. The van der Waals surface area contributed by atoms with Crippen molar-refractivity contribution in [2.75, 3.05) is 20.1 Å². The smallest absolute Gasteiger partial charge is 0.229 e. The van der Waals surface area contributed by atoms with E-state index in [1.165, 1.54) is 0 Å². The third-order valence-corrected chi connectivity index (χ3v) is 5.11. The molecule has 2 aromatic heterocycles. The molecule has 7 nitrogen and oxygen atoms in total. The Balaban J connectivity index is 1.34. The SMILES string of the molecule is CN(Cc1noc(C2CC2)n1)C[C@@H]1C[C@H](F)CN1Cc1ccnn1C. The van der Waals surface area contributed by atoms with Gasteiger partial charge < -0.3 is 4.52 Å². The molecule has 0 amide bonds. The first-order valence-corrected chi connectivity index (χ1v) is 8.94. The lowest BCUT2D eigenvalue weighted by Gasteiger charge is -2.27. The summed E-state index contributed by atoms with van der Waals surface area (Å²) in [5, 5.41) is 8.27. The second-order valence-electron chi connectivity index (χ2n) is 7.38. The minimum absolute atomic E-state index is 0.185. The van der Waals surface area contributed by atoms with Crippen LogP contribution in [-0.4, -0.2) is 62.1 Å². The largest absolute Gasteiger partial charge is 0.339 e. The summed E-state index contributed by atoms with van der Waals surface area (Å²) in [6, 6.07) is 2.18. The van der Waals surface area contributed by atoms with Crippen LogP contribution in [0.3, 0.4) is 0 Å². The number of aromatic nitrogens is 4. The highest BCUT2D eigenvalue weighted by Gasteiger charge is 2.33. The van der Waals surface area contributed by atoms with Crippen LogP contribution in [-0.2, 0) is 20.1 Å². The molecule has 2 aliphatic rings. The molecule has 136 valence electrons. The van der Waals surface area contributed by atoms with Gasteiger partial charge in [-0.3, -0.25) is 14.5 Å². The van der Waals surface area contributed by atoms with Crippen molar-refractivity contribution < 1.29 is 8.91 Å². The number of hydrogen-bond donors (Lipinski definition) is 0. The van der Waals surface area contributed by atoms with Crippen LogP contribution in [0.5, 0.6) is 0 Å². The van der Waals surface area contributed by atoms with E-state index >= 15 is 0 Å². The van der Waals surface area contributed by atoms with E-state index in [-0.39, 0.29) is 6.04 Å². The fourth-order valence-electron chi connectivity index (χ4n) is 3.56. The van der Waals surface area contributed by atoms with Gasteiger partial charge in [0.1, 0.15) is 6.17 Å². The van der Waals surface area contributed by atoms with Crippen molar-refractivity contribution in [1.29, 1.82) is 0 Å². The summed E-state index contributed by atoms with van der Waals surface area (Å²) in [4.78, 5) is 8.84. The standard InChI is InChI=1S/C17H25FN6O/c1-22(11-16-20-17(25-21-16)12-3-4-12)9-15-7-13(18)8-24(15)10-14-5-6-19-23(14)2/h5-6,12-13,15H,3-4,7-11H2,1-2H3/t13-,15-/m0/s1. The van der Waals surface area contributed by atoms with Gasteiger partial charge >= 0.3 is 0 Å². The summed E-state index contributed by atoms with van der Waals surface area (Å²) in [6.07, 6.45) is 3.90. The topological polar surface area (TPSA) is 63.2 Å². The Kier molecular flexibility index (Phi) is 4.56. The number of nitrogens with zero attached hydrogens (tertiary/aromatic N) is 6. The van der Waals surface area contributed by atoms with Crippen LogP contribution in [0, 0.1) is 0 Å². The van der Waals surface area contributed by atoms with E-state index in [0.29, 0.717) is 25.4 Å². The Labute approximate surface area is 146 Å². The molecule has 1 aliphatic heterocycles. The predicted octanol–water partition coefficient (Wildman–Crippen LogP) is 1.72. The molecule has 1 aliphatic carbocycles. The maximum absolute atomic E-state index is 14.0. The van der Waals surface area contributed by atoms with Crippen LogP contribution in [0.1, 0.15) is 42.6 Å². The Bertz CT molecular complexity index is 712. The first-order valence-electron chi connectivity index (χ1n) is 8.94. The van der Waals surface area contributed by atoms with Crippen molar-refractivity contribution in [2.24, 2.45) is 7.05 Å². The Morgan fingerprint density at radius 3 is 2.96 bits per heavy atom. The number of alkyl halides is 1. The van der Waals surface area contributed by atoms with Gasteiger partial charge in [0.2, 0.25) is 5.89 Å².